The number of amides is 1. The van der Waals surface area contributed by atoms with Crippen molar-refractivity contribution < 1.29 is 9.18 Å². The van der Waals surface area contributed by atoms with E-state index in [0.29, 0.717) is 6.54 Å². The van der Waals surface area contributed by atoms with Crippen LogP contribution in [0.3, 0.4) is 0 Å². The highest BCUT2D eigenvalue weighted by Gasteiger charge is 2.16. The lowest BCUT2D eigenvalue weighted by Crippen LogP contribution is -2.32. The average Bonchev–Trinajstić information content (AvgIpc) is 2.27. The molecule has 0 bridgehead atoms. The summed E-state index contributed by atoms with van der Waals surface area (Å²) in [5.74, 6) is -0.201. The second-order valence-electron chi connectivity index (χ2n) is 3.70. The van der Waals surface area contributed by atoms with Gasteiger partial charge in [-0.3, -0.25) is 4.79 Å². The zero-order chi connectivity index (χ0) is 12.1. The van der Waals surface area contributed by atoms with Crippen LogP contribution in [0.25, 0.3) is 0 Å². The summed E-state index contributed by atoms with van der Waals surface area (Å²) in [5, 5.41) is -0.0569. The third kappa shape index (κ3) is 3.52. The van der Waals surface area contributed by atoms with Gasteiger partial charge in [-0.05, 0) is 30.9 Å². The lowest BCUT2D eigenvalue weighted by atomic mass is 10.2. The van der Waals surface area contributed by atoms with Gasteiger partial charge in [-0.15, -0.1) is 0 Å². The van der Waals surface area contributed by atoms with Crippen LogP contribution < -0.4 is 0 Å². The van der Waals surface area contributed by atoms with E-state index in [1.54, 1.807) is 18.0 Å². The van der Waals surface area contributed by atoms with Crippen LogP contribution >= 0.6 is 11.8 Å². The summed E-state index contributed by atoms with van der Waals surface area (Å²) in [6, 6.07) is 6.32. The first-order chi connectivity index (χ1) is 7.54. The van der Waals surface area contributed by atoms with Crippen LogP contribution in [0.5, 0.6) is 0 Å². The molecule has 0 N–H and O–H groups in total. The first kappa shape index (κ1) is 13.0. The summed E-state index contributed by atoms with van der Waals surface area (Å²) in [7, 11) is 1.74. The van der Waals surface area contributed by atoms with E-state index in [-0.39, 0.29) is 17.0 Å². The Balaban J connectivity index is 2.64. The van der Waals surface area contributed by atoms with Crippen molar-refractivity contribution in [2.24, 2.45) is 0 Å². The van der Waals surface area contributed by atoms with Crippen LogP contribution in [0.2, 0.25) is 0 Å². The van der Waals surface area contributed by atoms with Crippen molar-refractivity contribution in [1.29, 1.82) is 0 Å². The highest BCUT2D eigenvalue weighted by atomic mass is 32.2. The molecule has 1 aromatic rings. The average molecular weight is 241 g/mol. The van der Waals surface area contributed by atoms with Crippen molar-refractivity contribution >= 4 is 17.7 Å². The zero-order valence-electron chi connectivity index (χ0n) is 9.74. The number of thioether (sulfide) groups is 1. The lowest BCUT2D eigenvalue weighted by molar-refractivity contribution is -0.129. The molecule has 4 heteroatoms. The Bertz CT molecular complexity index is 370. The molecule has 1 atom stereocenters. The van der Waals surface area contributed by atoms with E-state index in [0.717, 1.165) is 5.56 Å². The molecule has 0 fully saturated rings. The van der Waals surface area contributed by atoms with Crippen molar-refractivity contribution in [2.45, 2.75) is 18.7 Å². The molecule has 1 unspecified atom stereocenters. The number of rotatable bonds is 4. The van der Waals surface area contributed by atoms with Crippen LogP contribution in [0.1, 0.15) is 12.5 Å². The third-order valence-electron chi connectivity index (χ3n) is 2.39. The zero-order valence-corrected chi connectivity index (χ0v) is 10.6. The molecule has 1 aromatic carbocycles. The van der Waals surface area contributed by atoms with Gasteiger partial charge in [0.25, 0.3) is 0 Å². The molecule has 0 radical (unpaired) electrons. The predicted octanol–water partition coefficient (Wildman–Crippen LogP) is 2.54. The van der Waals surface area contributed by atoms with Crippen molar-refractivity contribution in [2.75, 3.05) is 13.3 Å². The van der Waals surface area contributed by atoms with Crippen LogP contribution in [0, 0.1) is 5.82 Å². The highest BCUT2D eigenvalue weighted by Crippen LogP contribution is 2.11. The molecule has 0 spiro atoms. The molecule has 0 saturated carbocycles. The third-order valence-corrected chi connectivity index (χ3v) is 3.30. The molecular formula is C12H16FNOS. The van der Waals surface area contributed by atoms with Gasteiger partial charge < -0.3 is 4.90 Å². The number of nitrogens with zero attached hydrogens (tertiary/aromatic N) is 1. The van der Waals surface area contributed by atoms with Gasteiger partial charge in [0, 0.05) is 13.6 Å². The van der Waals surface area contributed by atoms with E-state index < -0.39 is 0 Å². The molecule has 0 aliphatic carbocycles. The van der Waals surface area contributed by atoms with Crippen molar-refractivity contribution in [3.63, 3.8) is 0 Å². The summed E-state index contributed by atoms with van der Waals surface area (Å²) in [5.41, 5.74) is 0.809. The van der Waals surface area contributed by atoms with E-state index >= 15 is 0 Å². The maximum atomic E-state index is 12.9. The Hall–Kier alpha value is -1.03. The van der Waals surface area contributed by atoms with Gasteiger partial charge in [-0.2, -0.15) is 11.8 Å². The molecular weight excluding hydrogens is 225 g/mol. The molecule has 0 aromatic heterocycles. The largest absolute Gasteiger partial charge is 0.340 e. The normalized spacial score (nSPS) is 12.2. The summed E-state index contributed by atoms with van der Waals surface area (Å²) in [4.78, 5) is 13.4. The fraction of sp³-hybridized carbons (Fsp3) is 0.417. The molecule has 1 amide bonds. The SMILES string of the molecule is CSC(C)C(=O)N(C)Cc1cccc(F)c1. The Kier molecular flexibility index (Phi) is 4.80. The number of carbonyl (C=O) groups excluding carboxylic acids is 1. The molecule has 16 heavy (non-hydrogen) atoms. The van der Waals surface area contributed by atoms with Crippen LogP contribution in [-0.2, 0) is 11.3 Å². The molecule has 0 heterocycles. The Morgan fingerprint density at radius 3 is 2.81 bits per heavy atom. The fourth-order valence-corrected chi connectivity index (χ4v) is 1.78. The van der Waals surface area contributed by atoms with E-state index in [2.05, 4.69) is 0 Å². The standard InChI is InChI=1S/C12H16FNOS/c1-9(16-3)12(15)14(2)8-10-5-4-6-11(13)7-10/h4-7,9H,8H2,1-3H3. The summed E-state index contributed by atoms with van der Waals surface area (Å²) in [6.45, 7) is 2.32. The summed E-state index contributed by atoms with van der Waals surface area (Å²) < 4.78 is 12.9. The Labute approximate surface area is 99.8 Å². The quantitative estimate of drug-likeness (QED) is 0.807. The number of benzene rings is 1. The van der Waals surface area contributed by atoms with E-state index in [1.807, 2.05) is 19.2 Å². The van der Waals surface area contributed by atoms with Crippen LogP contribution in [0.4, 0.5) is 4.39 Å². The van der Waals surface area contributed by atoms with Gasteiger partial charge in [0.2, 0.25) is 5.91 Å². The van der Waals surface area contributed by atoms with Crippen molar-refractivity contribution in [1.82, 2.24) is 4.90 Å². The lowest BCUT2D eigenvalue weighted by Gasteiger charge is -2.20. The fourth-order valence-electron chi connectivity index (χ4n) is 1.40. The molecule has 1 rings (SSSR count). The van der Waals surface area contributed by atoms with Gasteiger partial charge in [0.15, 0.2) is 0 Å². The minimum Gasteiger partial charge on any atom is -0.340 e. The molecule has 2 nitrogen and oxygen atoms in total. The van der Waals surface area contributed by atoms with Crippen molar-refractivity contribution in [3.8, 4) is 0 Å². The smallest absolute Gasteiger partial charge is 0.235 e. The maximum Gasteiger partial charge on any atom is 0.235 e. The van der Waals surface area contributed by atoms with Crippen LogP contribution in [0.15, 0.2) is 24.3 Å². The second-order valence-corrected chi connectivity index (χ2v) is 4.88. The number of carbonyl (C=O) groups is 1. The van der Waals surface area contributed by atoms with Gasteiger partial charge in [-0.1, -0.05) is 12.1 Å². The molecule has 0 aliphatic rings. The Morgan fingerprint density at radius 2 is 2.25 bits per heavy atom. The maximum absolute atomic E-state index is 12.9. The first-order valence-electron chi connectivity index (χ1n) is 5.07. The molecule has 88 valence electrons. The number of halogens is 1. The van der Waals surface area contributed by atoms with Gasteiger partial charge in [-0.25, -0.2) is 4.39 Å². The predicted molar refractivity (Wildman–Crippen MR) is 65.9 cm³/mol. The summed E-state index contributed by atoms with van der Waals surface area (Å²) in [6.07, 6.45) is 1.90. The van der Waals surface area contributed by atoms with Gasteiger partial charge >= 0.3 is 0 Å². The minimum absolute atomic E-state index is 0.0569. The van der Waals surface area contributed by atoms with Crippen LogP contribution in [-0.4, -0.2) is 29.4 Å². The molecule has 0 aliphatic heterocycles. The van der Waals surface area contributed by atoms with Gasteiger partial charge in [0.05, 0.1) is 5.25 Å². The first-order valence-corrected chi connectivity index (χ1v) is 6.35. The summed E-state index contributed by atoms with van der Waals surface area (Å²) >= 11 is 1.51. The van der Waals surface area contributed by atoms with Gasteiger partial charge in [0.1, 0.15) is 5.82 Å². The second kappa shape index (κ2) is 5.89. The van der Waals surface area contributed by atoms with E-state index in [4.69, 9.17) is 0 Å². The van der Waals surface area contributed by atoms with E-state index in [1.165, 1.54) is 23.9 Å². The molecule has 0 saturated heterocycles. The minimum atomic E-state index is -0.267. The number of hydrogen-bond donors (Lipinski definition) is 0. The Morgan fingerprint density at radius 1 is 1.56 bits per heavy atom. The topological polar surface area (TPSA) is 20.3 Å². The van der Waals surface area contributed by atoms with E-state index in [9.17, 15) is 9.18 Å². The van der Waals surface area contributed by atoms with Crippen molar-refractivity contribution in [3.05, 3.63) is 35.6 Å². The monoisotopic (exact) mass is 241 g/mol. The highest BCUT2D eigenvalue weighted by molar-refractivity contribution is 7.99. The number of hydrogen-bond acceptors (Lipinski definition) is 2.